The summed E-state index contributed by atoms with van der Waals surface area (Å²) in [7, 11) is 3.88. The molecule has 0 atom stereocenters. The van der Waals surface area contributed by atoms with Gasteiger partial charge < -0.3 is 14.5 Å². The van der Waals surface area contributed by atoms with Crippen LogP contribution < -0.4 is 4.90 Å². The quantitative estimate of drug-likeness (QED) is 0.744. The lowest BCUT2D eigenvalue weighted by atomic mass is 10.1. The molecule has 0 aromatic heterocycles. The fourth-order valence-electron chi connectivity index (χ4n) is 1.77. The molecule has 0 heterocycles. The van der Waals surface area contributed by atoms with Crippen LogP contribution in [0.25, 0.3) is 0 Å². The van der Waals surface area contributed by atoms with Crippen molar-refractivity contribution in [3.05, 3.63) is 29.8 Å². The van der Waals surface area contributed by atoms with Gasteiger partial charge in [-0.3, -0.25) is 9.59 Å². The van der Waals surface area contributed by atoms with Crippen molar-refractivity contribution in [2.45, 2.75) is 13.8 Å². The summed E-state index contributed by atoms with van der Waals surface area (Å²) in [6.45, 7) is 4.36. The number of carbonyl (C=O) groups excluding carboxylic acids is 2. The Morgan fingerprint density at radius 3 is 2.15 bits per heavy atom. The molecular weight excluding hydrogens is 256 g/mol. The van der Waals surface area contributed by atoms with Gasteiger partial charge in [0.1, 0.15) is 6.54 Å². The van der Waals surface area contributed by atoms with Crippen LogP contribution in [0.1, 0.15) is 24.2 Å². The SMILES string of the molecule is CCOC(=O)CN(CC)C(=O)c1ccc(N(C)C)cc1. The Hall–Kier alpha value is -2.04. The number of rotatable bonds is 6. The van der Waals surface area contributed by atoms with Gasteiger partial charge >= 0.3 is 5.97 Å². The van der Waals surface area contributed by atoms with Gasteiger partial charge in [0.25, 0.3) is 5.91 Å². The van der Waals surface area contributed by atoms with Crippen molar-refractivity contribution in [2.24, 2.45) is 0 Å². The van der Waals surface area contributed by atoms with E-state index in [0.717, 1.165) is 5.69 Å². The first kappa shape index (κ1) is 16.0. The van der Waals surface area contributed by atoms with Crippen LogP contribution in [0, 0.1) is 0 Å². The molecule has 0 fully saturated rings. The van der Waals surface area contributed by atoms with Gasteiger partial charge in [-0.05, 0) is 38.1 Å². The highest BCUT2D eigenvalue weighted by atomic mass is 16.5. The minimum atomic E-state index is -0.382. The Kier molecular flexibility index (Phi) is 6.03. The van der Waals surface area contributed by atoms with E-state index in [1.54, 1.807) is 19.1 Å². The largest absolute Gasteiger partial charge is 0.465 e. The molecule has 0 aliphatic carbocycles. The minimum absolute atomic E-state index is 0.0153. The number of anilines is 1. The zero-order valence-electron chi connectivity index (χ0n) is 12.5. The average Bonchev–Trinajstić information content (AvgIpc) is 2.44. The van der Waals surface area contributed by atoms with Crippen LogP contribution in [0.3, 0.4) is 0 Å². The van der Waals surface area contributed by atoms with Crippen LogP contribution in [0.4, 0.5) is 5.69 Å². The van der Waals surface area contributed by atoms with E-state index in [1.807, 2.05) is 38.1 Å². The van der Waals surface area contributed by atoms with E-state index in [-0.39, 0.29) is 18.4 Å². The highest BCUT2D eigenvalue weighted by Crippen LogP contribution is 2.13. The maximum absolute atomic E-state index is 12.3. The van der Waals surface area contributed by atoms with E-state index in [4.69, 9.17) is 4.74 Å². The van der Waals surface area contributed by atoms with Gasteiger partial charge in [0.15, 0.2) is 0 Å². The summed E-state index contributed by atoms with van der Waals surface area (Å²) in [5.74, 6) is -0.543. The first-order valence-corrected chi connectivity index (χ1v) is 6.71. The smallest absolute Gasteiger partial charge is 0.325 e. The monoisotopic (exact) mass is 278 g/mol. The fourth-order valence-corrected chi connectivity index (χ4v) is 1.77. The average molecular weight is 278 g/mol. The molecule has 0 aliphatic rings. The Morgan fingerprint density at radius 1 is 1.10 bits per heavy atom. The summed E-state index contributed by atoms with van der Waals surface area (Å²) in [5, 5.41) is 0. The Morgan fingerprint density at radius 2 is 1.70 bits per heavy atom. The highest BCUT2D eigenvalue weighted by Gasteiger charge is 2.17. The van der Waals surface area contributed by atoms with E-state index in [9.17, 15) is 9.59 Å². The Labute approximate surface area is 120 Å². The number of esters is 1. The van der Waals surface area contributed by atoms with E-state index in [0.29, 0.717) is 18.7 Å². The number of benzene rings is 1. The number of ether oxygens (including phenoxy) is 1. The molecule has 0 N–H and O–H groups in total. The second-order valence-electron chi connectivity index (χ2n) is 4.57. The molecule has 5 heteroatoms. The van der Waals surface area contributed by atoms with E-state index in [1.165, 1.54) is 4.90 Å². The van der Waals surface area contributed by atoms with Crippen molar-refractivity contribution in [1.82, 2.24) is 4.90 Å². The molecule has 20 heavy (non-hydrogen) atoms. The lowest BCUT2D eigenvalue weighted by Crippen LogP contribution is -2.36. The molecule has 0 unspecified atom stereocenters. The molecule has 0 aliphatic heterocycles. The van der Waals surface area contributed by atoms with Crippen LogP contribution in [0.5, 0.6) is 0 Å². The summed E-state index contributed by atoms with van der Waals surface area (Å²) in [6, 6.07) is 7.30. The van der Waals surface area contributed by atoms with Crippen LogP contribution in [-0.4, -0.2) is 50.6 Å². The lowest BCUT2D eigenvalue weighted by Gasteiger charge is -2.20. The van der Waals surface area contributed by atoms with Crippen molar-refractivity contribution in [1.29, 1.82) is 0 Å². The van der Waals surface area contributed by atoms with Gasteiger partial charge in [-0.15, -0.1) is 0 Å². The predicted octanol–water partition coefficient (Wildman–Crippen LogP) is 1.78. The second kappa shape index (κ2) is 7.53. The number of nitrogens with zero attached hydrogens (tertiary/aromatic N) is 2. The lowest BCUT2D eigenvalue weighted by molar-refractivity contribution is -0.143. The van der Waals surface area contributed by atoms with Crippen LogP contribution in [-0.2, 0) is 9.53 Å². The van der Waals surface area contributed by atoms with Gasteiger partial charge in [0.2, 0.25) is 0 Å². The molecule has 5 nitrogen and oxygen atoms in total. The van der Waals surface area contributed by atoms with E-state index < -0.39 is 0 Å². The fraction of sp³-hybridized carbons (Fsp3) is 0.467. The number of likely N-dealkylation sites (N-methyl/N-ethyl adjacent to an activating group) is 1. The third-order valence-corrected chi connectivity index (χ3v) is 2.92. The van der Waals surface area contributed by atoms with Crippen LogP contribution in [0.2, 0.25) is 0 Å². The maximum Gasteiger partial charge on any atom is 0.325 e. The molecular formula is C15H22N2O3. The number of amides is 1. The molecule has 1 aromatic carbocycles. The van der Waals surface area contributed by atoms with E-state index >= 15 is 0 Å². The molecule has 1 rings (SSSR count). The van der Waals surface area contributed by atoms with Gasteiger partial charge in [0.05, 0.1) is 6.61 Å². The summed E-state index contributed by atoms with van der Waals surface area (Å²) in [5.41, 5.74) is 1.59. The summed E-state index contributed by atoms with van der Waals surface area (Å²) in [4.78, 5) is 27.2. The third kappa shape index (κ3) is 4.26. The van der Waals surface area contributed by atoms with Crippen LogP contribution >= 0.6 is 0 Å². The van der Waals surface area contributed by atoms with Crippen molar-refractivity contribution in [3.8, 4) is 0 Å². The second-order valence-corrected chi connectivity index (χ2v) is 4.57. The third-order valence-electron chi connectivity index (χ3n) is 2.92. The first-order valence-electron chi connectivity index (χ1n) is 6.71. The number of carbonyl (C=O) groups is 2. The molecule has 0 bridgehead atoms. The van der Waals surface area contributed by atoms with Gasteiger partial charge in [-0.25, -0.2) is 0 Å². The minimum Gasteiger partial charge on any atom is -0.465 e. The zero-order valence-corrected chi connectivity index (χ0v) is 12.5. The van der Waals surface area contributed by atoms with Gasteiger partial charge in [-0.2, -0.15) is 0 Å². The number of hydrogen-bond donors (Lipinski definition) is 0. The molecule has 1 amide bonds. The Bertz CT molecular complexity index is 455. The van der Waals surface area contributed by atoms with Gasteiger partial charge in [0, 0.05) is 31.9 Å². The molecule has 110 valence electrons. The first-order chi connectivity index (χ1) is 9.49. The topological polar surface area (TPSA) is 49.9 Å². The van der Waals surface area contributed by atoms with Crippen molar-refractivity contribution >= 4 is 17.6 Å². The molecule has 0 saturated heterocycles. The standard InChI is InChI=1S/C15H22N2O3/c1-5-17(11-14(18)20-6-2)15(19)12-7-9-13(10-8-12)16(3)4/h7-10H,5-6,11H2,1-4H3. The molecule has 1 aromatic rings. The Balaban J connectivity index is 2.77. The van der Waals surface area contributed by atoms with E-state index in [2.05, 4.69) is 0 Å². The van der Waals surface area contributed by atoms with Crippen LogP contribution in [0.15, 0.2) is 24.3 Å². The summed E-state index contributed by atoms with van der Waals surface area (Å²) < 4.78 is 4.87. The highest BCUT2D eigenvalue weighted by molar-refractivity contribution is 5.96. The predicted molar refractivity (Wildman–Crippen MR) is 79.0 cm³/mol. The van der Waals surface area contributed by atoms with Crippen molar-refractivity contribution in [2.75, 3.05) is 38.7 Å². The summed E-state index contributed by atoms with van der Waals surface area (Å²) in [6.07, 6.45) is 0. The molecule has 0 radical (unpaired) electrons. The zero-order chi connectivity index (χ0) is 15.1. The maximum atomic E-state index is 12.3. The molecule has 0 spiro atoms. The van der Waals surface area contributed by atoms with Crippen molar-refractivity contribution in [3.63, 3.8) is 0 Å². The van der Waals surface area contributed by atoms with Gasteiger partial charge in [-0.1, -0.05) is 0 Å². The normalized spacial score (nSPS) is 10.0. The number of hydrogen-bond acceptors (Lipinski definition) is 4. The summed E-state index contributed by atoms with van der Waals surface area (Å²) >= 11 is 0. The molecule has 0 saturated carbocycles. The van der Waals surface area contributed by atoms with Crippen molar-refractivity contribution < 1.29 is 14.3 Å².